The Morgan fingerprint density at radius 2 is 2.15 bits per heavy atom. The Bertz CT molecular complexity index is 989. The number of aromatic nitrogens is 3. The van der Waals surface area contributed by atoms with Gasteiger partial charge in [-0.25, -0.2) is 9.97 Å². The van der Waals surface area contributed by atoms with Crippen molar-refractivity contribution in [3.8, 4) is 17.1 Å². The van der Waals surface area contributed by atoms with E-state index in [-0.39, 0.29) is 11.8 Å². The van der Waals surface area contributed by atoms with Gasteiger partial charge >= 0.3 is 0 Å². The fourth-order valence-electron chi connectivity index (χ4n) is 3.21. The first-order chi connectivity index (χ1) is 12.6. The van der Waals surface area contributed by atoms with Crippen LogP contribution in [0.15, 0.2) is 30.6 Å². The highest BCUT2D eigenvalue weighted by atomic mass is 16.5. The van der Waals surface area contributed by atoms with Gasteiger partial charge in [-0.05, 0) is 50.5 Å². The summed E-state index contributed by atoms with van der Waals surface area (Å²) in [6.45, 7) is 4.57. The van der Waals surface area contributed by atoms with Gasteiger partial charge in [0, 0.05) is 24.5 Å². The van der Waals surface area contributed by atoms with Gasteiger partial charge in [0.15, 0.2) is 0 Å². The van der Waals surface area contributed by atoms with E-state index in [1.165, 1.54) is 0 Å². The summed E-state index contributed by atoms with van der Waals surface area (Å²) in [5.41, 5.74) is 4.10. The molecular weight excluding hydrogens is 328 g/mol. The van der Waals surface area contributed by atoms with Gasteiger partial charge in [0.1, 0.15) is 5.82 Å². The number of carbonyl (C=O) groups excluding carboxylic acids is 1. The number of nitrogens with one attached hydrogen (secondary N) is 1. The predicted octanol–water partition coefficient (Wildman–Crippen LogP) is 3.69. The molecule has 0 radical (unpaired) electrons. The van der Waals surface area contributed by atoms with E-state index in [4.69, 9.17) is 4.74 Å². The summed E-state index contributed by atoms with van der Waals surface area (Å²) in [6, 6.07) is 6.00. The summed E-state index contributed by atoms with van der Waals surface area (Å²) in [7, 11) is 2.00. The van der Waals surface area contributed by atoms with E-state index in [1.807, 2.05) is 26.1 Å². The molecule has 1 fully saturated rings. The Kier molecular flexibility index (Phi) is 4.11. The Labute approximate surface area is 152 Å². The Hall–Kier alpha value is -2.89. The number of nitrogens with zero attached hydrogens (tertiary/aromatic N) is 3. The van der Waals surface area contributed by atoms with Crippen molar-refractivity contribution < 1.29 is 9.53 Å². The predicted molar refractivity (Wildman–Crippen MR) is 101 cm³/mol. The molecule has 0 bridgehead atoms. The zero-order valence-corrected chi connectivity index (χ0v) is 15.2. The van der Waals surface area contributed by atoms with E-state index in [2.05, 4.69) is 32.8 Å². The van der Waals surface area contributed by atoms with Crippen molar-refractivity contribution in [1.29, 1.82) is 0 Å². The number of pyridine rings is 2. The van der Waals surface area contributed by atoms with E-state index in [0.717, 1.165) is 40.6 Å². The molecule has 3 aromatic heterocycles. The van der Waals surface area contributed by atoms with Crippen LogP contribution in [0.1, 0.15) is 25.3 Å². The lowest BCUT2D eigenvalue weighted by Crippen LogP contribution is -2.14. The molecule has 1 N–H and O–H groups in total. The summed E-state index contributed by atoms with van der Waals surface area (Å²) < 4.78 is 7.82. The van der Waals surface area contributed by atoms with Crippen LogP contribution in [-0.4, -0.2) is 27.0 Å². The zero-order chi connectivity index (χ0) is 18.3. The van der Waals surface area contributed by atoms with Crippen molar-refractivity contribution >= 4 is 22.6 Å². The third-order valence-electron chi connectivity index (χ3n) is 4.79. The first kappa shape index (κ1) is 16.6. The first-order valence-corrected chi connectivity index (χ1v) is 8.93. The quantitative estimate of drug-likeness (QED) is 0.762. The topological polar surface area (TPSA) is 69.0 Å². The van der Waals surface area contributed by atoms with E-state index in [9.17, 15) is 4.79 Å². The standard InChI is InChI=1S/C20H22N4O2/c1-4-26-20-18(12(2)7-8-21-20)15-9-14-10-17(22-11-16(14)24(15)3)23-19(25)13-5-6-13/h7-11,13H,4-6H2,1-3H3,(H,22,23,25). The van der Waals surface area contributed by atoms with Gasteiger partial charge in [-0.1, -0.05) is 0 Å². The minimum atomic E-state index is 0.0646. The molecule has 26 heavy (non-hydrogen) atoms. The molecule has 1 saturated carbocycles. The molecule has 6 heteroatoms. The lowest BCUT2D eigenvalue weighted by Gasteiger charge is -2.12. The van der Waals surface area contributed by atoms with Crippen LogP contribution in [0.2, 0.25) is 0 Å². The molecule has 1 amide bonds. The van der Waals surface area contributed by atoms with Gasteiger partial charge in [-0.3, -0.25) is 4.79 Å². The second-order valence-electron chi connectivity index (χ2n) is 6.72. The molecule has 0 saturated heterocycles. The molecule has 6 nitrogen and oxygen atoms in total. The molecule has 0 aliphatic heterocycles. The van der Waals surface area contributed by atoms with Crippen LogP contribution in [0.25, 0.3) is 22.2 Å². The first-order valence-electron chi connectivity index (χ1n) is 8.93. The normalized spacial score (nSPS) is 13.8. The number of ether oxygens (including phenoxy) is 1. The number of aryl methyl sites for hydroxylation is 2. The molecule has 0 aromatic carbocycles. The third-order valence-corrected chi connectivity index (χ3v) is 4.79. The fraction of sp³-hybridized carbons (Fsp3) is 0.350. The lowest BCUT2D eigenvalue weighted by atomic mass is 10.1. The maximum absolute atomic E-state index is 12.0. The van der Waals surface area contributed by atoms with Gasteiger partial charge < -0.3 is 14.6 Å². The molecular formula is C20H22N4O2. The Morgan fingerprint density at radius 1 is 1.35 bits per heavy atom. The van der Waals surface area contributed by atoms with Crippen LogP contribution < -0.4 is 10.1 Å². The van der Waals surface area contributed by atoms with Crippen LogP contribution in [0.4, 0.5) is 5.82 Å². The number of hydrogen-bond donors (Lipinski definition) is 1. The monoisotopic (exact) mass is 350 g/mol. The zero-order valence-electron chi connectivity index (χ0n) is 15.2. The molecule has 1 aliphatic carbocycles. The SMILES string of the molecule is CCOc1nccc(C)c1-c1cc2cc(NC(=O)C3CC3)ncc2n1C. The third kappa shape index (κ3) is 2.92. The minimum absolute atomic E-state index is 0.0646. The number of amides is 1. The Morgan fingerprint density at radius 3 is 2.88 bits per heavy atom. The molecule has 1 aliphatic rings. The van der Waals surface area contributed by atoms with Crippen molar-refractivity contribution in [2.24, 2.45) is 13.0 Å². The molecule has 0 atom stereocenters. The van der Waals surface area contributed by atoms with E-state index < -0.39 is 0 Å². The van der Waals surface area contributed by atoms with Crippen LogP contribution in [-0.2, 0) is 11.8 Å². The molecule has 134 valence electrons. The average Bonchev–Trinajstić information content (AvgIpc) is 3.41. The van der Waals surface area contributed by atoms with E-state index in [1.54, 1.807) is 12.4 Å². The van der Waals surface area contributed by atoms with E-state index >= 15 is 0 Å². The van der Waals surface area contributed by atoms with Crippen molar-refractivity contribution in [2.45, 2.75) is 26.7 Å². The van der Waals surface area contributed by atoms with Crippen LogP contribution >= 0.6 is 0 Å². The molecule has 0 spiro atoms. The molecule has 4 rings (SSSR count). The number of rotatable bonds is 5. The number of anilines is 1. The second kappa shape index (κ2) is 6.44. The number of carbonyl (C=O) groups is 1. The van der Waals surface area contributed by atoms with Crippen LogP contribution in [0.3, 0.4) is 0 Å². The Balaban J connectivity index is 1.77. The van der Waals surface area contributed by atoms with E-state index in [0.29, 0.717) is 18.3 Å². The molecule has 3 aromatic rings. The van der Waals surface area contributed by atoms with Crippen molar-refractivity contribution in [1.82, 2.24) is 14.5 Å². The summed E-state index contributed by atoms with van der Waals surface area (Å²) in [5, 5.41) is 3.93. The fourth-order valence-corrected chi connectivity index (χ4v) is 3.21. The lowest BCUT2D eigenvalue weighted by molar-refractivity contribution is -0.117. The smallest absolute Gasteiger partial charge is 0.228 e. The minimum Gasteiger partial charge on any atom is -0.477 e. The van der Waals surface area contributed by atoms with Gasteiger partial charge in [-0.2, -0.15) is 0 Å². The van der Waals surface area contributed by atoms with Crippen molar-refractivity contribution in [3.05, 3.63) is 36.2 Å². The van der Waals surface area contributed by atoms with Gasteiger partial charge in [0.05, 0.1) is 29.6 Å². The van der Waals surface area contributed by atoms with Crippen LogP contribution in [0.5, 0.6) is 5.88 Å². The summed E-state index contributed by atoms with van der Waals surface area (Å²) in [6.07, 6.45) is 5.51. The second-order valence-corrected chi connectivity index (χ2v) is 6.72. The van der Waals surface area contributed by atoms with Gasteiger partial charge in [0.2, 0.25) is 11.8 Å². The van der Waals surface area contributed by atoms with Crippen LogP contribution in [0, 0.1) is 12.8 Å². The molecule has 0 unspecified atom stereocenters. The summed E-state index contributed by atoms with van der Waals surface area (Å²) in [5.74, 6) is 1.45. The average molecular weight is 350 g/mol. The van der Waals surface area contributed by atoms with Gasteiger partial charge in [-0.15, -0.1) is 0 Å². The molecule has 3 heterocycles. The maximum atomic E-state index is 12.0. The largest absolute Gasteiger partial charge is 0.477 e. The highest BCUT2D eigenvalue weighted by Gasteiger charge is 2.29. The summed E-state index contributed by atoms with van der Waals surface area (Å²) >= 11 is 0. The number of hydrogen-bond acceptors (Lipinski definition) is 4. The van der Waals surface area contributed by atoms with Crippen molar-refractivity contribution in [3.63, 3.8) is 0 Å². The summed E-state index contributed by atoms with van der Waals surface area (Å²) in [4.78, 5) is 20.8. The van der Waals surface area contributed by atoms with Crippen molar-refractivity contribution in [2.75, 3.05) is 11.9 Å². The number of fused-ring (bicyclic) bond motifs is 1. The maximum Gasteiger partial charge on any atom is 0.228 e. The van der Waals surface area contributed by atoms with Gasteiger partial charge in [0.25, 0.3) is 0 Å². The highest BCUT2D eigenvalue weighted by Crippen LogP contribution is 2.35. The highest BCUT2D eigenvalue weighted by molar-refractivity contribution is 5.96.